The molecule has 4 saturated heterocycles. The number of rotatable bonds is 44. The molecule has 12 aromatic rings. The number of epoxide rings is 4. The zero-order valence-electron chi connectivity index (χ0n) is 68.6. The highest BCUT2D eigenvalue weighted by atomic mass is 79.9. The smallest absolute Gasteiger partial charge is 0.141 e. The van der Waals surface area contributed by atoms with Crippen molar-refractivity contribution in [1.82, 2.24) is 0 Å². The first kappa shape index (κ1) is 98.0. The third-order valence-corrected chi connectivity index (χ3v) is 23.7. The van der Waals surface area contributed by atoms with Crippen LogP contribution in [0.5, 0.6) is 69.0 Å². The molecular weight excluding hydrogens is 2050 g/mol. The van der Waals surface area contributed by atoms with Crippen LogP contribution in [0.15, 0.2) is 301 Å². The molecule has 4 atom stereocenters. The summed E-state index contributed by atoms with van der Waals surface area (Å²) in [7, 11) is 0. The lowest BCUT2D eigenvalue weighted by molar-refractivity contribution is 0.125. The second-order valence-electron chi connectivity index (χ2n) is 30.1. The van der Waals surface area contributed by atoms with E-state index in [1.165, 1.54) is 0 Å². The van der Waals surface area contributed by atoms with Crippen LogP contribution in [-0.2, 0) is 44.6 Å². The van der Waals surface area contributed by atoms with Crippen molar-refractivity contribution in [2.45, 2.75) is 57.5 Å². The molecule has 0 aromatic heterocycles. The summed E-state index contributed by atoms with van der Waals surface area (Å²) in [6.07, 6.45) is 4.21. The van der Waals surface area contributed by atoms with Gasteiger partial charge in [-0.05, 0) is 236 Å². The SMILES string of the molecule is Brc1ccc(OCC(COc2ccc(Br)cc2)COc2c(Br)cc(Br)cc2CC2CO2)cc1.Brc1cccc(CC2CO2)c1OCC(COc1ccccc1)COc1ccccc1.C.Clc1ccc(OCC(COc2ccc(Cl)cc2)COc2c(Cl)cc(Cl)cc2CC2CO2)cc1.Clc1cccc(CC2CO2)c1OCC(COc1ccccc1)COc1ccccc1. The van der Waals surface area contributed by atoms with Crippen LogP contribution in [0.1, 0.15) is 29.7 Å². The molecule has 0 aliphatic carbocycles. The Morgan fingerprint density at radius 3 is 0.843 bits per heavy atom. The van der Waals surface area contributed by atoms with E-state index in [-0.39, 0.29) is 49.4 Å². The van der Waals surface area contributed by atoms with Crippen molar-refractivity contribution >= 4 is 138 Å². The number of benzene rings is 12. The van der Waals surface area contributed by atoms with Crippen molar-refractivity contribution in [1.29, 1.82) is 0 Å². The summed E-state index contributed by atoms with van der Waals surface area (Å²) in [5.41, 5.74) is 4.25. The Bertz CT molecular complexity index is 4740. The van der Waals surface area contributed by atoms with Crippen molar-refractivity contribution in [3.05, 3.63) is 349 Å². The zero-order chi connectivity index (χ0) is 87.6. The van der Waals surface area contributed by atoms with Crippen molar-refractivity contribution in [3.8, 4) is 69.0 Å². The quantitative estimate of drug-likeness (QED) is 0.0331. The summed E-state index contributed by atoms with van der Waals surface area (Å²) >= 11 is 48.8. The summed E-state index contributed by atoms with van der Waals surface area (Å²) in [5, 5.41) is 2.95. The first-order valence-electron chi connectivity index (χ1n) is 41.2. The topological polar surface area (TPSA) is 161 Å². The molecule has 0 N–H and O–H groups in total. The van der Waals surface area contributed by atoms with Gasteiger partial charge < -0.3 is 75.8 Å². The summed E-state index contributed by atoms with van der Waals surface area (Å²) in [4.78, 5) is 0. The number of para-hydroxylation sites is 6. The third-order valence-electron chi connectivity index (χ3n) is 19.6. The highest BCUT2D eigenvalue weighted by Gasteiger charge is 2.31. The van der Waals surface area contributed by atoms with Gasteiger partial charge in [0.25, 0.3) is 0 Å². The summed E-state index contributed by atoms with van der Waals surface area (Å²) in [5.74, 6) is 9.43. The molecule has 4 aliphatic heterocycles. The molecule has 127 heavy (non-hydrogen) atoms. The highest BCUT2D eigenvalue weighted by Crippen LogP contribution is 2.40. The van der Waals surface area contributed by atoms with E-state index in [4.69, 9.17) is 134 Å². The molecule has 16 rings (SSSR count). The van der Waals surface area contributed by atoms with Gasteiger partial charge in [0.05, 0.1) is 173 Å². The van der Waals surface area contributed by atoms with Gasteiger partial charge in [0.1, 0.15) is 69.0 Å². The van der Waals surface area contributed by atoms with Crippen LogP contribution in [0.4, 0.5) is 0 Å². The second-order valence-corrected chi connectivity index (χ2v) is 36.7. The van der Waals surface area contributed by atoms with Gasteiger partial charge in [-0.15, -0.1) is 0 Å². The fourth-order valence-electron chi connectivity index (χ4n) is 12.6. The third kappa shape index (κ3) is 35.3. The highest BCUT2D eigenvalue weighted by molar-refractivity contribution is 9.11. The fourth-order valence-corrected chi connectivity index (χ4v) is 16.2. The first-order chi connectivity index (χ1) is 61.5. The predicted octanol–water partition coefficient (Wildman–Crippen LogP) is 26.8. The number of hydrogen-bond acceptors (Lipinski definition) is 16. The molecule has 0 radical (unpaired) electrons. The monoisotopic (exact) mass is 2140 g/mol. The van der Waals surface area contributed by atoms with E-state index in [1.807, 2.05) is 237 Å². The number of hydrogen-bond donors (Lipinski definition) is 0. The van der Waals surface area contributed by atoms with Gasteiger partial charge >= 0.3 is 0 Å². The van der Waals surface area contributed by atoms with E-state index in [1.54, 1.807) is 30.3 Å². The van der Waals surface area contributed by atoms with E-state index in [2.05, 4.69) is 91.8 Å². The molecule has 4 aliphatic rings. The predicted molar refractivity (Wildman–Crippen MR) is 521 cm³/mol. The fraction of sp³-hybridized carbons (Fsp3) is 0.287. The lowest BCUT2D eigenvalue weighted by Gasteiger charge is -2.21. The lowest BCUT2D eigenvalue weighted by Crippen LogP contribution is -2.26. The first-order valence-corrected chi connectivity index (χ1v) is 47.1. The van der Waals surface area contributed by atoms with Gasteiger partial charge in [-0.25, -0.2) is 0 Å². The Morgan fingerprint density at radius 1 is 0.236 bits per heavy atom. The molecule has 668 valence electrons. The maximum atomic E-state index is 6.46. The molecule has 4 heterocycles. The molecule has 12 aromatic carbocycles. The summed E-state index contributed by atoms with van der Waals surface area (Å²) < 4.78 is 99.4. The number of halogens is 10. The Hall–Kier alpha value is -8.07. The molecule has 0 saturated carbocycles. The largest absolute Gasteiger partial charge is 0.493 e. The van der Waals surface area contributed by atoms with E-state index in [9.17, 15) is 0 Å². The Kier molecular flexibility index (Phi) is 40.2. The van der Waals surface area contributed by atoms with Crippen molar-refractivity contribution in [2.75, 3.05) is 106 Å². The van der Waals surface area contributed by atoms with Crippen LogP contribution in [0, 0.1) is 23.7 Å². The Morgan fingerprint density at radius 2 is 0.504 bits per heavy atom. The van der Waals surface area contributed by atoms with Gasteiger partial charge in [-0.2, -0.15) is 0 Å². The van der Waals surface area contributed by atoms with E-state index < -0.39 is 0 Å². The number of ether oxygens (including phenoxy) is 16. The van der Waals surface area contributed by atoms with E-state index >= 15 is 0 Å². The van der Waals surface area contributed by atoms with E-state index in [0.717, 1.165) is 142 Å². The Balaban J connectivity index is 0.000000154. The van der Waals surface area contributed by atoms with Crippen LogP contribution in [0.3, 0.4) is 0 Å². The standard InChI is InChI=1S/C25H22Br4O4.C25H25BrO4.C25H22Cl4O4.C25H25ClO4.CH4/c26-18-1-5-21(6-2-18)30-12-16(13-31-22-7-3-19(27)4-8-22)14-33-25-17(10-23-15-32-23)9-20(28)11-24(25)29;26-24-13-7-8-20(14-23-18-29-23)25(24)30-17-19(15-27-21-9-3-1-4-10-21)16-28-22-11-5-2-6-12-22;26-18-1-5-21(6-2-18)30-12-16(13-31-22-7-3-19(27)4-8-22)14-33-25-17(10-23-15-32-23)9-20(28)11-24(25)29;26-24-13-7-8-20(14-23-18-29-23)25(24)30-17-19(15-27-21-9-3-1-4-10-21)16-28-22-11-5-2-6-12-22;/h1-9,11,16,23H,10,12-15H2;1-13,19,23H,14-18H2;1-9,11,16,23H,10,12-15H2;1-13,19,23H,14-18H2;1H4. The minimum absolute atomic E-state index is 0. The maximum absolute atomic E-state index is 6.46. The minimum atomic E-state index is -0.0897. The summed E-state index contributed by atoms with van der Waals surface area (Å²) in [6.45, 7) is 8.49. The van der Waals surface area contributed by atoms with Crippen LogP contribution in [0.2, 0.25) is 25.1 Å². The van der Waals surface area contributed by atoms with Crippen molar-refractivity contribution in [3.63, 3.8) is 0 Å². The van der Waals surface area contributed by atoms with Crippen LogP contribution in [-0.4, -0.2) is 130 Å². The molecule has 26 heteroatoms. The van der Waals surface area contributed by atoms with Gasteiger partial charge in [-0.3, -0.25) is 0 Å². The van der Waals surface area contributed by atoms with Gasteiger partial charge in [0, 0.05) is 54.2 Å². The van der Waals surface area contributed by atoms with Gasteiger partial charge in [-0.1, -0.05) is 210 Å². The van der Waals surface area contributed by atoms with Gasteiger partial charge in [0.2, 0.25) is 0 Å². The lowest BCUT2D eigenvalue weighted by atomic mass is 10.1. The van der Waals surface area contributed by atoms with Crippen LogP contribution >= 0.6 is 138 Å². The average Bonchev–Trinajstić information content (AvgIpc) is 1.56. The van der Waals surface area contributed by atoms with E-state index in [0.29, 0.717) is 134 Å². The average molecular weight is 2140 g/mol. The molecule has 4 fully saturated rings. The molecule has 4 unspecified atom stereocenters. The molecule has 0 spiro atoms. The normalized spacial score (nSPS) is 14.9. The molecule has 0 amide bonds. The van der Waals surface area contributed by atoms with Crippen molar-refractivity contribution in [2.24, 2.45) is 23.7 Å². The Labute approximate surface area is 810 Å². The summed E-state index contributed by atoms with van der Waals surface area (Å²) in [6, 6.07) is 88.8. The van der Waals surface area contributed by atoms with Crippen LogP contribution < -0.4 is 56.8 Å². The molecule has 16 nitrogen and oxygen atoms in total. The molecule has 0 bridgehead atoms. The maximum Gasteiger partial charge on any atom is 0.141 e. The van der Waals surface area contributed by atoms with Gasteiger partial charge in [0.15, 0.2) is 0 Å². The molecular formula is C101H98Br5Cl5O16. The minimum Gasteiger partial charge on any atom is -0.493 e. The van der Waals surface area contributed by atoms with Crippen LogP contribution in [0.25, 0.3) is 0 Å². The zero-order valence-corrected chi connectivity index (χ0v) is 80.3. The van der Waals surface area contributed by atoms with Crippen molar-refractivity contribution < 1.29 is 75.8 Å². The second kappa shape index (κ2) is 52.1.